The highest BCUT2D eigenvalue weighted by molar-refractivity contribution is 7.92. The second kappa shape index (κ2) is 9.18. The summed E-state index contributed by atoms with van der Waals surface area (Å²) in [7, 11) is -3.67. The minimum atomic E-state index is -3.67. The lowest BCUT2D eigenvalue weighted by Crippen LogP contribution is -2.49. The minimum absolute atomic E-state index is 0.0184. The molecule has 0 atom stereocenters. The standard InChI is InChI=1S/C23H23ClN4O3S/c1-17-2-9-21(10-3-17)32(30,31)26-20-8-11-22(25-16-20)27-12-14-28(15-13-27)23(29)18-4-6-19(24)7-5-18/h2-11,16,26H,12-15H2,1H3. The summed E-state index contributed by atoms with van der Waals surface area (Å²) < 4.78 is 27.6. The van der Waals surface area contributed by atoms with E-state index < -0.39 is 10.0 Å². The fourth-order valence-electron chi connectivity index (χ4n) is 3.48. The number of sulfonamides is 1. The highest BCUT2D eigenvalue weighted by Gasteiger charge is 2.23. The quantitative estimate of drug-likeness (QED) is 0.613. The average Bonchev–Trinajstić information content (AvgIpc) is 2.80. The van der Waals surface area contributed by atoms with Gasteiger partial charge in [0.25, 0.3) is 15.9 Å². The van der Waals surface area contributed by atoms with Gasteiger partial charge in [-0.25, -0.2) is 13.4 Å². The molecule has 2 heterocycles. The van der Waals surface area contributed by atoms with Crippen molar-refractivity contribution in [3.8, 4) is 0 Å². The lowest BCUT2D eigenvalue weighted by molar-refractivity contribution is 0.0746. The van der Waals surface area contributed by atoms with Crippen LogP contribution in [0.5, 0.6) is 0 Å². The third-order valence-corrected chi connectivity index (χ3v) is 6.96. The molecule has 0 aliphatic carbocycles. The van der Waals surface area contributed by atoms with Crippen molar-refractivity contribution in [2.75, 3.05) is 35.8 Å². The van der Waals surface area contributed by atoms with Crippen LogP contribution in [0.1, 0.15) is 15.9 Å². The van der Waals surface area contributed by atoms with E-state index in [-0.39, 0.29) is 10.8 Å². The smallest absolute Gasteiger partial charge is 0.261 e. The Kier molecular flexibility index (Phi) is 6.34. The molecule has 1 aromatic heterocycles. The van der Waals surface area contributed by atoms with E-state index in [1.165, 1.54) is 6.20 Å². The first-order valence-corrected chi connectivity index (χ1v) is 12.0. The molecule has 0 unspecified atom stereocenters. The van der Waals surface area contributed by atoms with Crippen LogP contribution in [0.2, 0.25) is 5.02 Å². The topological polar surface area (TPSA) is 82.6 Å². The molecule has 4 rings (SSSR count). The monoisotopic (exact) mass is 470 g/mol. The first-order chi connectivity index (χ1) is 15.3. The second-order valence-electron chi connectivity index (χ2n) is 7.61. The van der Waals surface area contributed by atoms with Gasteiger partial charge in [-0.1, -0.05) is 29.3 Å². The van der Waals surface area contributed by atoms with Gasteiger partial charge in [0.15, 0.2) is 0 Å². The van der Waals surface area contributed by atoms with Crippen molar-refractivity contribution in [1.29, 1.82) is 0 Å². The number of nitrogens with zero attached hydrogens (tertiary/aromatic N) is 3. The van der Waals surface area contributed by atoms with E-state index in [1.807, 2.05) is 11.8 Å². The summed E-state index contributed by atoms with van der Waals surface area (Å²) in [6.07, 6.45) is 1.51. The SMILES string of the molecule is Cc1ccc(S(=O)(=O)Nc2ccc(N3CCN(C(=O)c4ccc(Cl)cc4)CC3)nc2)cc1. The number of benzene rings is 2. The number of carbonyl (C=O) groups excluding carboxylic acids is 1. The van der Waals surface area contributed by atoms with E-state index >= 15 is 0 Å². The van der Waals surface area contributed by atoms with Crippen LogP contribution >= 0.6 is 11.6 Å². The number of rotatable bonds is 5. The van der Waals surface area contributed by atoms with Gasteiger partial charge >= 0.3 is 0 Å². The highest BCUT2D eigenvalue weighted by atomic mass is 35.5. The zero-order chi connectivity index (χ0) is 22.7. The van der Waals surface area contributed by atoms with Crippen LogP contribution in [0.25, 0.3) is 0 Å². The molecule has 0 spiro atoms. The Morgan fingerprint density at radius 1 is 0.938 bits per heavy atom. The molecule has 0 radical (unpaired) electrons. The van der Waals surface area contributed by atoms with Gasteiger partial charge in [-0.05, 0) is 55.5 Å². The van der Waals surface area contributed by atoms with Crippen molar-refractivity contribution in [2.45, 2.75) is 11.8 Å². The van der Waals surface area contributed by atoms with Gasteiger partial charge in [-0.2, -0.15) is 0 Å². The summed E-state index contributed by atoms with van der Waals surface area (Å²) in [5, 5.41) is 0.599. The summed E-state index contributed by atoms with van der Waals surface area (Å²) in [6, 6.07) is 17.0. The van der Waals surface area contributed by atoms with E-state index in [9.17, 15) is 13.2 Å². The van der Waals surface area contributed by atoms with E-state index in [0.29, 0.717) is 42.5 Å². The van der Waals surface area contributed by atoms with E-state index in [1.54, 1.807) is 60.7 Å². The summed E-state index contributed by atoms with van der Waals surface area (Å²) in [6.45, 7) is 4.33. The molecule has 7 nitrogen and oxygen atoms in total. The van der Waals surface area contributed by atoms with Gasteiger partial charge in [0, 0.05) is 36.8 Å². The Balaban J connectivity index is 1.36. The highest BCUT2D eigenvalue weighted by Crippen LogP contribution is 2.20. The largest absolute Gasteiger partial charge is 0.353 e. The van der Waals surface area contributed by atoms with Gasteiger partial charge in [-0.3, -0.25) is 9.52 Å². The first kappa shape index (κ1) is 22.1. The maximum atomic E-state index is 12.7. The molecule has 32 heavy (non-hydrogen) atoms. The molecule has 0 saturated carbocycles. The third-order valence-electron chi connectivity index (χ3n) is 5.31. The number of nitrogens with one attached hydrogen (secondary N) is 1. The van der Waals surface area contributed by atoms with Crippen LogP contribution in [0, 0.1) is 6.92 Å². The normalized spacial score (nSPS) is 14.3. The number of halogens is 1. The van der Waals surface area contributed by atoms with Gasteiger partial charge in [0.2, 0.25) is 0 Å². The number of carbonyl (C=O) groups is 1. The van der Waals surface area contributed by atoms with Crippen molar-refractivity contribution in [3.05, 3.63) is 83.0 Å². The minimum Gasteiger partial charge on any atom is -0.353 e. The van der Waals surface area contributed by atoms with Gasteiger partial charge in [0.05, 0.1) is 16.8 Å². The molecule has 1 aliphatic heterocycles. The third kappa shape index (κ3) is 5.03. The van der Waals surface area contributed by atoms with Crippen molar-refractivity contribution in [1.82, 2.24) is 9.88 Å². The van der Waals surface area contributed by atoms with Crippen molar-refractivity contribution in [3.63, 3.8) is 0 Å². The van der Waals surface area contributed by atoms with Crippen LogP contribution in [-0.2, 0) is 10.0 Å². The second-order valence-corrected chi connectivity index (χ2v) is 9.73. The fourth-order valence-corrected chi connectivity index (χ4v) is 4.65. The van der Waals surface area contributed by atoms with Crippen LogP contribution in [-0.4, -0.2) is 50.4 Å². The molecule has 3 aromatic rings. The van der Waals surface area contributed by atoms with Crippen LogP contribution in [0.3, 0.4) is 0 Å². The van der Waals surface area contributed by atoms with Crippen LogP contribution in [0.15, 0.2) is 71.8 Å². The van der Waals surface area contributed by atoms with Crippen LogP contribution < -0.4 is 9.62 Å². The number of piperazine rings is 1. The first-order valence-electron chi connectivity index (χ1n) is 10.2. The summed E-state index contributed by atoms with van der Waals surface area (Å²) in [5.41, 5.74) is 2.00. The van der Waals surface area contributed by atoms with Crippen LogP contribution in [0.4, 0.5) is 11.5 Å². The van der Waals surface area contributed by atoms with E-state index in [0.717, 1.165) is 11.4 Å². The Morgan fingerprint density at radius 2 is 1.59 bits per heavy atom. The lowest BCUT2D eigenvalue weighted by Gasteiger charge is -2.35. The number of hydrogen-bond donors (Lipinski definition) is 1. The molecule has 1 fully saturated rings. The molecular weight excluding hydrogens is 448 g/mol. The predicted octanol–water partition coefficient (Wildman–Crippen LogP) is 3.81. The van der Waals surface area contributed by atoms with E-state index in [4.69, 9.17) is 11.6 Å². The van der Waals surface area contributed by atoms with Gasteiger partial charge in [0.1, 0.15) is 5.82 Å². The Hall–Kier alpha value is -3.10. The average molecular weight is 471 g/mol. The summed E-state index contributed by atoms with van der Waals surface area (Å²) in [4.78, 5) is 21.1. The van der Waals surface area contributed by atoms with Gasteiger partial charge < -0.3 is 9.80 Å². The maximum Gasteiger partial charge on any atom is 0.261 e. The number of aryl methyl sites for hydroxylation is 1. The number of anilines is 2. The van der Waals surface area contributed by atoms with Crippen molar-refractivity contribution in [2.24, 2.45) is 0 Å². The van der Waals surface area contributed by atoms with E-state index in [2.05, 4.69) is 14.6 Å². The lowest BCUT2D eigenvalue weighted by atomic mass is 10.2. The zero-order valence-electron chi connectivity index (χ0n) is 17.5. The maximum absolute atomic E-state index is 12.7. The Labute approximate surface area is 192 Å². The molecule has 9 heteroatoms. The number of hydrogen-bond acceptors (Lipinski definition) is 5. The number of pyridine rings is 1. The van der Waals surface area contributed by atoms with Crippen molar-refractivity contribution >= 4 is 39.0 Å². The number of amides is 1. The molecule has 2 aromatic carbocycles. The summed E-state index contributed by atoms with van der Waals surface area (Å²) in [5.74, 6) is 0.719. The molecule has 166 valence electrons. The zero-order valence-corrected chi connectivity index (χ0v) is 19.1. The van der Waals surface area contributed by atoms with Gasteiger partial charge in [-0.15, -0.1) is 0 Å². The van der Waals surface area contributed by atoms with Crippen molar-refractivity contribution < 1.29 is 13.2 Å². The molecule has 0 bridgehead atoms. The molecule has 1 saturated heterocycles. The molecule has 1 N–H and O–H groups in total. The predicted molar refractivity (Wildman–Crippen MR) is 126 cm³/mol. The Bertz CT molecular complexity index is 1190. The fraction of sp³-hybridized carbons (Fsp3) is 0.217. The summed E-state index contributed by atoms with van der Waals surface area (Å²) >= 11 is 5.90. The molecule has 1 aliphatic rings. The molecule has 1 amide bonds. The number of aromatic nitrogens is 1. The Morgan fingerprint density at radius 3 is 2.19 bits per heavy atom. The molecular formula is C23H23ClN4O3S.